The molecule has 1 heterocycles. The fourth-order valence-electron chi connectivity index (χ4n) is 0.994. The maximum Gasteiger partial charge on any atom is 0.0187 e. The Hall–Kier alpha value is -0.170. The van der Waals surface area contributed by atoms with E-state index in [-0.39, 0.29) is 0 Å². The molecular formula is C9H14S. The molecular weight excluding hydrogens is 140 g/mol. The molecule has 1 rings (SSSR count). The van der Waals surface area contributed by atoms with Gasteiger partial charge in [-0.1, -0.05) is 31.1 Å². The van der Waals surface area contributed by atoms with Crippen LogP contribution in [0.2, 0.25) is 0 Å². The Balaban J connectivity index is 2.25. The molecule has 0 radical (unpaired) electrons. The van der Waals surface area contributed by atoms with E-state index in [1.807, 2.05) is 11.8 Å². The summed E-state index contributed by atoms with van der Waals surface area (Å²) < 4.78 is 0. The first-order chi connectivity index (χ1) is 4.93. The molecule has 0 amide bonds. The van der Waals surface area contributed by atoms with E-state index in [4.69, 9.17) is 0 Å². The van der Waals surface area contributed by atoms with Gasteiger partial charge in [-0.3, -0.25) is 0 Å². The molecule has 0 unspecified atom stereocenters. The van der Waals surface area contributed by atoms with Crippen LogP contribution < -0.4 is 0 Å². The second-order valence-electron chi connectivity index (χ2n) is 2.57. The van der Waals surface area contributed by atoms with Crippen molar-refractivity contribution in [1.82, 2.24) is 0 Å². The lowest BCUT2D eigenvalue weighted by atomic mass is 10.1. The van der Waals surface area contributed by atoms with Gasteiger partial charge in [-0.15, -0.1) is 11.8 Å². The summed E-state index contributed by atoms with van der Waals surface area (Å²) in [4.78, 5) is 0. The molecule has 0 aromatic heterocycles. The highest BCUT2D eigenvalue weighted by Gasteiger charge is 1.97. The lowest BCUT2D eigenvalue weighted by Crippen LogP contribution is -1.89. The van der Waals surface area contributed by atoms with E-state index in [1.54, 1.807) is 5.57 Å². The first kappa shape index (κ1) is 7.93. The minimum absolute atomic E-state index is 1.22. The highest BCUT2D eigenvalue weighted by Crippen LogP contribution is 2.19. The van der Waals surface area contributed by atoms with E-state index in [1.165, 1.54) is 25.0 Å². The van der Waals surface area contributed by atoms with Crippen LogP contribution in [0.25, 0.3) is 0 Å². The average molecular weight is 154 g/mol. The third-order valence-corrected chi connectivity index (χ3v) is 2.51. The molecule has 0 saturated heterocycles. The molecule has 0 aromatic rings. The number of hydrogen-bond donors (Lipinski definition) is 0. The Morgan fingerprint density at radius 1 is 1.60 bits per heavy atom. The topological polar surface area (TPSA) is 0 Å². The Bertz CT molecular complexity index is 145. The average Bonchev–Trinajstić information content (AvgIpc) is 2.03. The van der Waals surface area contributed by atoms with Gasteiger partial charge in [-0.2, -0.15) is 0 Å². The second kappa shape index (κ2) is 4.62. The predicted molar refractivity (Wildman–Crippen MR) is 49.2 cm³/mol. The summed E-state index contributed by atoms with van der Waals surface area (Å²) >= 11 is 1.90. The molecule has 0 bridgehead atoms. The minimum atomic E-state index is 1.22. The van der Waals surface area contributed by atoms with E-state index in [0.29, 0.717) is 0 Å². The molecule has 56 valence electrons. The van der Waals surface area contributed by atoms with E-state index in [0.717, 1.165) is 0 Å². The number of rotatable bonds is 3. The zero-order valence-corrected chi connectivity index (χ0v) is 7.29. The molecule has 0 aromatic carbocycles. The zero-order valence-electron chi connectivity index (χ0n) is 6.47. The Morgan fingerprint density at radius 2 is 2.50 bits per heavy atom. The summed E-state index contributed by atoms with van der Waals surface area (Å²) in [6.07, 6.45) is 8.37. The number of unbranched alkanes of at least 4 members (excludes halogenated alkanes) is 1. The zero-order chi connectivity index (χ0) is 7.23. The quantitative estimate of drug-likeness (QED) is 0.600. The van der Waals surface area contributed by atoms with Crippen molar-refractivity contribution in [1.29, 1.82) is 0 Å². The van der Waals surface area contributed by atoms with Crippen LogP contribution in [0.4, 0.5) is 0 Å². The number of hydrogen-bond acceptors (Lipinski definition) is 1. The van der Waals surface area contributed by atoms with Crippen LogP contribution in [0.5, 0.6) is 0 Å². The largest absolute Gasteiger partial charge is 0.130 e. The van der Waals surface area contributed by atoms with Crippen molar-refractivity contribution >= 4 is 11.8 Å². The van der Waals surface area contributed by atoms with Crippen LogP contribution >= 0.6 is 11.8 Å². The molecule has 0 fully saturated rings. The lowest BCUT2D eigenvalue weighted by Gasteiger charge is -2.06. The fraction of sp³-hybridized carbons (Fsp3) is 0.556. The Morgan fingerprint density at radius 3 is 3.10 bits per heavy atom. The summed E-state index contributed by atoms with van der Waals surface area (Å²) in [6.45, 7) is 2.24. The standard InChI is InChI=1S/C9H14S/c1-2-3-5-9-6-4-7-10-8-9/h4,6-7H,2-3,5,8H2,1H3. The van der Waals surface area contributed by atoms with Crippen LogP contribution in [0.3, 0.4) is 0 Å². The first-order valence-corrected chi connectivity index (χ1v) is 4.94. The Kier molecular flexibility index (Phi) is 3.66. The van der Waals surface area contributed by atoms with Gasteiger partial charge < -0.3 is 0 Å². The molecule has 10 heavy (non-hydrogen) atoms. The number of allylic oxidation sites excluding steroid dienone is 2. The molecule has 0 nitrogen and oxygen atoms in total. The SMILES string of the molecule is CCCCC1=CC=CSC1. The van der Waals surface area contributed by atoms with Gasteiger partial charge in [0.05, 0.1) is 0 Å². The van der Waals surface area contributed by atoms with Crippen molar-refractivity contribution in [2.75, 3.05) is 5.75 Å². The van der Waals surface area contributed by atoms with Gasteiger partial charge in [-0.25, -0.2) is 0 Å². The lowest BCUT2D eigenvalue weighted by molar-refractivity contribution is 0.789. The van der Waals surface area contributed by atoms with Crippen molar-refractivity contribution in [3.63, 3.8) is 0 Å². The monoisotopic (exact) mass is 154 g/mol. The van der Waals surface area contributed by atoms with Crippen LogP contribution in [0.15, 0.2) is 23.1 Å². The molecule has 0 saturated carbocycles. The molecule has 1 aliphatic heterocycles. The first-order valence-electron chi connectivity index (χ1n) is 3.89. The second-order valence-corrected chi connectivity index (χ2v) is 3.46. The van der Waals surface area contributed by atoms with E-state index >= 15 is 0 Å². The highest BCUT2D eigenvalue weighted by molar-refractivity contribution is 8.02. The van der Waals surface area contributed by atoms with Gasteiger partial charge in [0.25, 0.3) is 0 Å². The predicted octanol–water partition coefficient (Wildman–Crippen LogP) is 3.36. The molecule has 0 aliphatic carbocycles. The van der Waals surface area contributed by atoms with Crippen LogP contribution in [0, 0.1) is 0 Å². The maximum absolute atomic E-state index is 2.26. The minimum Gasteiger partial charge on any atom is -0.130 e. The van der Waals surface area contributed by atoms with Crippen molar-refractivity contribution < 1.29 is 0 Å². The molecule has 1 aliphatic rings. The van der Waals surface area contributed by atoms with Crippen LogP contribution in [-0.4, -0.2) is 5.75 Å². The van der Waals surface area contributed by atoms with Crippen molar-refractivity contribution in [3.8, 4) is 0 Å². The molecule has 1 heteroatoms. The van der Waals surface area contributed by atoms with E-state index in [9.17, 15) is 0 Å². The van der Waals surface area contributed by atoms with E-state index in [2.05, 4.69) is 24.5 Å². The van der Waals surface area contributed by atoms with Gasteiger partial charge in [0.2, 0.25) is 0 Å². The smallest absolute Gasteiger partial charge is 0.0187 e. The molecule has 0 N–H and O–H groups in total. The normalized spacial score (nSPS) is 17.1. The summed E-state index contributed by atoms with van der Waals surface area (Å²) in [7, 11) is 0. The van der Waals surface area contributed by atoms with E-state index < -0.39 is 0 Å². The molecule has 0 spiro atoms. The van der Waals surface area contributed by atoms with Crippen molar-refractivity contribution in [2.24, 2.45) is 0 Å². The fourth-order valence-corrected chi connectivity index (χ4v) is 1.73. The van der Waals surface area contributed by atoms with Crippen molar-refractivity contribution in [2.45, 2.75) is 26.2 Å². The van der Waals surface area contributed by atoms with Gasteiger partial charge in [0, 0.05) is 5.75 Å². The summed E-state index contributed by atoms with van der Waals surface area (Å²) in [6, 6.07) is 0. The van der Waals surface area contributed by atoms with Gasteiger partial charge in [0.15, 0.2) is 0 Å². The van der Waals surface area contributed by atoms with Crippen molar-refractivity contribution in [3.05, 3.63) is 23.1 Å². The maximum atomic E-state index is 2.26. The van der Waals surface area contributed by atoms with Crippen LogP contribution in [0.1, 0.15) is 26.2 Å². The Labute approximate surface area is 67.4 Å². The summed E-state index contributed by atoms with van der Waals surface area (Å²) in [5, 5.41) is 2.16. The van der Waals surface area contributed by atoms with Gasteiger partial charge >= 0.3 is 0 Å². The third kappa shape index (κ3) is 2.61. The van der Waals surface area contributed by atoms with Crippen LogP contribution in [-0.2, 0) is 0 Å². The summed E-state index contributed by atoms with van der Waals surface area (Å²) in [5.74, 6) is 1.22. The third-order valence-electron chi connectivity index (χ3n) is 1.63. The van der Waals surface area contributed by atoms with Gasteiger partial charge in [0.1, 0.15) is 0 Å². The highest BCUT2D eigenvalue weighted by atomic mass is 32.2. The summed E-state index contributed by atoms with van der Waals surface area (Å²) in [5.41, 5.74) is 1.61. The molecule has 0 atom stereocenters. The number of thioether (sulfide) groups is 1. The van der Waals surface area contributed by atoms with Gasteiger partial charge in [-0.05, 0) is 18.2 Å².